The molecule has 0 aromatic heterocycles. The maximum absolute atomic E-state index is 12.9. The standard InChI is InChI=1S/C26H33N3O2/c1-31-24-7-4-19(5-8-24)17-28-13-10-20(11-14-28)21-6-9-25-22(15-21)18-29(26(25)30)23-3-2-12-27-16-23/h4-9,15,20,23,27H,2-3,10-14,16-18H2,1H3. The smallest absolute Gasteiger partial charge is 0.254 e. The lowest BCUT2D eigenvalue weighted by atomic mass is 9.87. The number of rotatable bonds is 5. The van der Waals surface area contributed by atoms with Gasteiger partial charge >= 0.3 is 0 Å². The van der Waals surface area contributed by atoms with E-state index in [1.165, 1.54) is 29.5 Å². The van der Waals surface area contributed by atoms with Crippen molar-refractivity contribution in [2.24, 2.45) is 0 Å². The largest absolute Gasteiger partial charge is 0.497 e. The van der Waals surface area contributed by atoms with Gasteiger partial charge in [0.05, 0.1) is 7.11 Å². The van der Waals surface area contributed by atoms with Gasteiger partial charge in [0.2, 0.25) is 0 Å². The van der Waals surface area contributed by atoms with E-state index in [-0.39, 0.29) is 5.91 Å². The van der Waals surface area contributed by atoms with Crippen molar-refractivity contribution in [2.45, 2.75) is 50.7 Å². The number of carbonyl (C=O) groups is 1. The fraction of sp³-hybridized carbons (Fsp3) is 0.500. The predicted octanol–water partition coefficient (Wildman–Crippen LogP) is 3.78. The summed E-state index contributed by atoms with van der Waals surface area (Å²) in [5.41, 5.74) is 4.91. The van der Waals surface area contributed by atoms with Crippen molar-refractivity contribution < 1.29 is 9.53 Å². The maximum Gasteiger partial charge on any atom is 0.254 e. The fourth-order valence-electron chi connectivity index (χ4n) is 5.43. The zero-order valence-corrected chi connectivity index (χ0v) is 18.5. The Hall–Kier alpha value is -2.37. The maximum atomic E-state index is 12.9. The SMILES string of the molecule is COc1ccc(CN2CCC(c3ccc4c(c3)CN(C3CCCNC3)C4=O)CC2)cc1. The van der Waals surface area contributed by atoms with Gasteiger partial charge in [0.1, 0.15) is 5.75 Å². The number of fused-ring (bicyclic) bond motifs is 1. The van der Waals surface area contributed by atoms with Crippen LogP contribution in [0.15, 0.2) is 42.5 Å². The van der Waals surface area contributed by atoms with Crippen LogP contribution in [0.4, 0.5) is 0 Å². The number of amides is 1. The highest BCUT2D eigenvalue weighted by molar-refractivity contribution is 5.98. The molecule has 2 fully saturated rings. The number of ether oxygens (including phenoxy) is 1. The van der Waals surface area contributed by atoms with Crippen LogP contribution in [-0.4, -0.2) is 55.0 Å². The van der Waals surface area contributed by atoms with E-state index in [1.807, 2.05) is 12.1 Å². The van der Waals surface area contributed by atoms with Gasteiger partial charge in [0.25, 0.3) is 5.91 Å². The Morgan fingerprint density at radius 2 is 1.87 bits per heavy atom. The van der Waals surface area contributed by atoms with Crippen LogP contribution in [-0.2, 0) is 13.1 Å². The molecule has 5 nitrogen and oxygen atoms in total. The molecule has 2 saturated heterocycles. The van der Waals surface area contributed by atoms with Crippen molar-refractivity contribution in [3.05, 3.63) is 64.7 Å². The van der Waals surface area contributed by atoms with Crippen LogP contribution in [0.1, 0.15) is 58.6 Å². The third-order valence-corrected chi connectivity index (χ3v) is 7.30. The average Bonchev–Trinajstić information content (AvgIpc) is 3.16. The van der Waals surface area contributed by atoms with E-state index in [0.29, 0.717) is 12.0 Å². The Balaban J connectivity index is 1.19. The van der Waals surface area contributed by atoms with E-state index < -0.39 is 0 Å². The van der Waals surface area contributed by atoms with Crippen LogP contribution in [0, 0.1) is 0 Å². The second-order valence-electron chi connectivity index (χ2n) is 9.25. The highest BCUT2D eigenvalue weighted by Crippen LogP contribution is 2.33. The van der Waals surface area contributed by atoms with Crippen LogP contribution in [0.25, 0.3) is 0 Å². The molecule has 5 rings (SSSR count). The van der Waals surface area contributed by atoms with Crippen LogP contribution < -0.4 is 10.1 Å². The van der Waals surface area contributed by atoms with Crippen LogP contribution in [0.5, 0.6) is 5.75 Å². The van der Waals surface area contributed by atoms with E-state index in [1.54, 1.807) is 7.11 Å². The molecule has 3 aliphatic heterocycles. The fourth-order valence-corrected chi connectivity index (χ4v) is 5.43. The molecular formula is C26H33N3O2. The summed E-state index contributed by atoms with van der Waals surface area (Å²) in [6.45, 7) is 6.02. The zero-order valence-electron chi connectivity index (χ0n) is 18.5. The lowest BCUT2D eigenvalue weighted by Crippen LogP contribution is -2.46. The lowest BCUT2D eigenvalue weighted by Gasteiger charge is -2.32. The Bertz CT molecular complexity index is 913. The molecule has 3 aliphatic rings. The summed E-state index contributed by atoms with van der Waals surface area (Å²) in [4.78, 5) is 17.6. The first-order valence-corrected chi connectivity index (χ1v) is 11.7. The summed E-state index contributed by atoms with van der Waals surface area (Å²) in [5.74, 6) is 1.73. The van der Waals surface area contributed by atoms with Crippen molar-refractivity contribution >= 4 is 5.91 Å². The van der Waals surface area contributed by atoms with Crippen LogP contribution in [0.3, 0.4) is 0 Å². The molecule has 1 amide bonds. The number of methoxy groups -OCH3 is 1. The molecule has 1 unspecified atom stereocenters. The van der Waals surface area contributed by atoms with Gasteiger partial charge in [-0.2, -0.15) is 0 Å². The molecule has 3 heterocycles. The van der Waals surface area contributed by atoms with Crippen molar-refractivity contribution in [3.8, 4) is 5.75 Å². The first-order chi connectivity index (χ1) is 15.2. The van der Waals surface area contributed by atoms with E-state index >= 15 is 0 Å². The van der Waals surface area contributed by atoms with E-state index in [4.69, 9.17) is 4.74 Å². The van der Waals surface area contributed by atoms with Gasteiger partial charge in [0.15, 0.2) is 0 Å². The zero-order chi connectivity index (χ0) is 21.2. The monoisotopic (exact) mass is 419 g/mol. The summed E-state index contributed by atoms with van der Waals surface area (Å²) >= 11 is 0. The quantitative estimate of drug-likeness (QED) is 0.801. The lowest BCUT2D eigenvalue weighted by molar-refractivity contribution is 0.0674. The van der Waals surface area contributed by atoms with Gasteiger partial charge in [-0.25, -0.2) is 0 Å². The molecule has 0 saturated carbocycles. The molecular weight excluding hydrogens is 386 g/mol. The van der Waals surface area contributed by atoms with E-state index in [2.05, 4.69) is 45.4 Å². The third kappa shape index (κ3) is 4.35. The summed E-state index contributed by atoms with van der Waals surface area (Å²) in [6.07, 6.45) is 4.63. The average molecular weight is 420 g/mol. The Morgan fingerprint density at radius 3 is 2.58 bits per heavy atom. The summed E-state index contributed by atoms with van der Waals surface area (Å²) in [5, 5.41) is 3.44. The molecule has 1 N–H and O–H groups in total. The number of benzene rings is 2. The van der Waals surface area contributed by atoms with Crippen molar-refractivity contribution in [1.82, 2.24) is 15.1 Å². The molecule has 0 aliphatic carbocycles. The number of carbonyl (C=O) groups excluding carboxylic acids is 1. The van der Waals surface area contributed by atoms with Crippen LogP contribution >= 0.6 is 0 Å². The topological polar surface area (TPSA) is 44.8 Å². The van der Waals surface area contributed by atoms with Crippen molar-refractivity contribution in [1.29, 1.82) is 0 Å². The van der Waals surface area contributed by atoms with Crippen LogP contribution in [0.2, 0.25) is 0 Å². The number of nitrogens with zero attached hydrogens (tertiary/aromatic N) is 2. The van der Waals surface area contributed by atoms with E-state index in [0.717, 1.165) is 63.4 Å². The first kappa shape index (κ1) is 20.5. The Morgan fingerprint density at radius 1 is 1.06 bits per heavy atom. The Labute approximate surface area is 185 Å². The molecule has 0 spiro atoms. The molecule has 2 aromatic rings. The van der Waals surface area contributed by atoms with Gasteiger partial charge in [-0.05, 0) is 86.1 Å². The molecule has 5 heteroatoms. The van der Waals surface area contributed by atoms with Crippen molar-refractivity contribution in [2.75, 3.05) is 33.3 Å². The molecule has 0 radical (unpaired) electrons. The van der Waals surface area contributed by atoms with E-state index in [9.17, 15) is 4.79 Å². The third-order valence-electron chi connectivity index (χ3n) is 7.30. The van der Waals surface area contributed by atoms with Gasteiger partial charge in [0, 0.05) is 31.2 Å². The molecule has 1 atom stereocenters. The summed E-state index contributed by atoms with van der Waals surface area (Å²) < 4.78 is 5.26. The number of likely N-dealkylation sites (tertiary alicyclic amines) is 1. The van der Waals surface area contributed by atoms with Crippen molar-refractivity contribution in [3.63, 3.8) is 0 Å². The number of nitrogens with one attached hydrogen (secondary N) is 1. The number of hydrogen-bond acceptors (Lipinski definition) is 4. The minimum Gasteiger partial charge on any atom is -0.497 e. The van der Waals surface area contributed by atoms with Gasteiger partial charge < -0.3 is 15.0 Å². The second-order valence-corrected chi connectivity index (χ2v) is 9.25. The molecule has 31 heavy (non-hydrogen) atoms. The summed E-state index contributed by atoms with van der Waals surface area (Å²) in [6, 6.07) is 15.4. The predicted molar refractivity (Wildman–Crippen MR) is 122 cm³/mol. The first-order valence-electron chi connectivity index (χ1n) is 11.7. The Kier molecular flexibility index (Phi) is 5.97. The minimum absolute atomic E-state index is 0.226. The van der Waals surface area contributed by atoms with Gasteiger partial charge in [-0.3, -0.25) is 9.69 Å². The molecule has 0 bridgehead atoms. The minimum atomic E-state index is 0.226. The molecule has 2 aromatic carbocycles. The highest BCUT2D eigenvalue weighted by Gasteiger charge is 2.34. The highest BCUT2D eigenvalue weighted by atomic mass is 16.5. The number of piperidine rings is 2. The molecule has 164 valence electrons. The second kappa shape index (κ2) is 9.01. The van der Waals surface area contributed by atoms with Gasteiger partial charge in [-0.15, -0.1) is 0 Å². The van der Waals surface area contributed by atoms with Gasteiger partial charge in [-0.1, -0.05) is 24.3 Å². The normalized spacial score (nSPS) is 22.5. The number of hydrogen-bond donors (Lipinski definition) is 1. The summed E-state index contributed by atoms with van der Waals surface area (Å²) in [7, 11) is 1.71.